The maximum absolute atomic E-state index is 14.5. The minimum absolute atomic E-state index is 0.000357. The molecular formula is C28H26ClN3O7. The number of amides is 1. The van der Waals surface area contributed by atoms with Crippen molar-refractivity contribution in [3.8, 4) is 17.2 Å². The number of nitrogens with one attached hydrogen (secondary N) is 1. The molecule has 0 bridgehead atoms. The Hall–Kier alpha value is -4.05. The summed E-state index contributed by atoms with van der Waals surface area (Å²) in [6, 6.07) is 6.92. The zero-order valence-electron chi connectivity index (χ0n) is 22.0. The molecule has 2 aromatic carbocycles. The molecule has 0 fully saturated rings. The predicted octanol–water partition coefficient (Wildman–Crippen LogP) is 3.03. The molecule has 0 unspecified atom stereocenters. The van der Waals surface area contributed by atoms with Crippen LogP contribution >= 0.6 is 11.6 Å². The quantitative estimate of drug-likeness (QED) is 0.497. The van der Waals surface area contributed by atoms with Gasteiger partial charge in [0.15, 0.2) is 5.75 Å². The Morgan fingerprint density at radius 1 is 0.974 bits per heavy atom. The van der Waals surface area contributed by atoms with Crippen LogP contribution in [0.15, 0.2) is 40.3 Å². The smallest absolute Gasteiger partial charge is 0.328 e. The van der Waals surface area contributed by atoms with E-state index in [-0.39, 0.29) is 52.3 Å². The first-order valence-corrected chi connectivity index (χ1v) is 12.8. The summed E-state index contributed by atoms with van der Waals surface area (Å²) in [5, 5.41) is 2.93. The van der Waals surface area contributed by atoms with Gasteiger partial charge in [0.25, 0.3) is 0 Å². The number of rotatable bonds is 3. The number of hydrogen-bond acceptors (Lipinski definition) is 7. The molecule has 3 aromatic rings. The number of ether oxygens (including phenoxy) is 3. The van der Waals surface area contributed by atoms with Gasteiger partial charge in [-0.1, -0.05) is 24.6 Å². The Morgan fingerprint density at radius 2 is 1.67 bits per heavy atom. The number of imidazole rings is 1. The van der Waals surface area contributed by atoms with Crippen LogP contribution in [-0.4, -0.2) is 46.4 Å². The highest BCUT2D eigenvalue weighted by Crippen LogP contribution is 2.55. The molecule has 1 aliphatic carbocycles. The number of ketones is 2. The van der Waals surface area contributed by atoms with E-state index >= 15 is 0 Å². The molecule has 202 valence electrons. The molecule has 39 heavy (non-hydrogen) atoms. The number of hydrogen-bond donors (Lipinski definition) is 1. The number of aryl methyl sites for hydroxylation is 2. The molecule has 10 nitrogen and oxygen atoms in total. The number of carbonyl (C=O) groups excluding carboxylic acids is 3. The molecule has 3 atom stereocenters. The van der Waals surface area contributed by atoms with Gasteiger partial charge in [-0.3, -0.25) is 23.5 Å². The van der Waals surface area contributed by atoms with Gasteiger partial charge in [-0.25, -0.2) is 4.79 Å². The first-order valence-electron chi connectivity index (χ1n) is 12.5. The van der Waals surface area contributed by atoms with Gasteiger partial charge < -0.3 is 19.5 Å². The average molecular weight is 552 g/mol. The molecule has 6 rings (SSSR count). The molecule has 0 saturated heterocycles. The lowest BCUT2D eigenvalue weighted by Gasteiger charge is -2.41. The van der Waals surface area contributed by atoms with E-state index in [1.54, 1.807) is 27.1 Å². The van der Waals surface area contributed by atoms with Gasteiger partial charge in [0, 0.05) is 49.7 Å². The Labute approximate surface area is 228 Å². The minimum atomic E-state index is -1.88. The molecular weight excluding hydrogens is 526 g/mol. The minimum Gasteiger partial charge on any atom is -0.496 e. The van der Waals surface area contributed by atoms with Crippen molar-refractivity contribution < 1.29 is 28.6 Å². The maximum atomic E-state index is 14.5. The highest BCUT2D eigenvalue weighted by molar-refractivity contribution is 6.36. The van der Waals surface area contributed by atoms with Crippen molar-refractivity contribution in [3.05, 3.63) is 62.2 Å². The number of Topliss-reactive ketones (excluding diaryl/α,β-unsaturated/α-hetero) is 2. The standard InChI is InChI=1S/C28H26ClN3O7/c1-12-8-15-21(14(10-20(33)30-15)13-6-7-16-17(9-13)32(3)27(36)31(16)2)25(34)28(12)26(35)22-18(37-4)11-19(38-5)23(29)24(22)39-28/h6-7,9,11-12,14H,8,10H2,1-5H3,(H,30,33)/t12-,14+,28+/m1/s1. The highest BCUT2D eigenvalue weighted by atomic mass is 35.5. The van der Waals surface area contributed by atoms with E-state index < -0.39 is 29.0 Å². The van der Waals surface area contributed by atoms with Crippen LogP contribution in [0.1, 0.15) is 41.6 Å². The average Bonchev–Trinajstić information content (AvgIpc) is 3.35. The number of halogens is 1. The third-order valence-corrected chi connectivity index (χ3v) is 8.61. The summed E-state index contributed by atoms with van der Waals surface area (Å²) in [6.07, 6.45) is 0.229. The monoisotopic (exact) mass is 551 g/mol. The lowest BCUT2D eigenvalue weighted by molar-refractivity contribution is -0.131. The summed E-state index contributed by atoms with van der Waals surface area (Å²) >= 11 is 6.54. The second kappa shape index (κ2) is 8.47. The van der Waals surface area contributed by atoms with Crippen molar-refractivity contribution in [2.45, 2.75) is 31.3 Å². The van der Waals surface area contributed by atoms with E-state index in [9.17, 15) is 19.2 Å². The van der Waals surface area contributed by atoms with Crippen molar-refractivity contribution in [2.75, 3.05) is 14.2 Å². The molecule has 2 aliphatic heterocycles. The van der Waals surface area contributed by atoms with Crippen molar-refractivity contribution in [1.82, 2.24) is 14.5 Å². The molecule has 1 amide bonds. The van der Waals surface area contributed by atoms with Gasteiger partial charge in [0.2, 0.25) is 23.1 Å². The fourth-order valence-corrected chi connectivity index (χ4v) is 6.48. The van der Waals surface area contributed by atoms with Crippen molar-refractivity contribution in [2.24, 2.45) is 20.0 Å². The van der Waals surface area contributed by atoms with E-state index in [0.29, 0.717) is 22.4 Å². The van der Waals surface area contributed by atoms with Crippen LogP contribution in [-0.2, 0) is 23.7 Å². The summed E-state index contributed by atoms with van der Waals surface area (Å²) in [7, 11) is 6.19. The van der Waals surface area contributed by atoms with E-state index in [0.717, 1.165) is 5.52 Å². The van der Waals surface area contributed by atoms with Gasteiger partial charge in [0.1, 0.15) is 22.1 Å². The van der Waals surface area contributed by atoms with E-state index in [1.165, 1.54) is 29.4 Å². The lowest BCUT2D eigenvalue weighted by Crippen LogP contribution is -2.59. The molecule has 3 heterocycles. The fourth-order valence-electron chi connectivity index (χ4n) is 6.21. The van der Waals surface area contributed by atoms with E-state index in [4.69, 9.17) is 25.8 Å². The van der Waals surface area contributed by atoms with Crippen LogP contribution in [0.2, 0.25) is 5.02 Å². The normalized spacial score (nSPS) is 24.1. The Morgan fingerprint density at radius 3 is 2.36 bits per heavy atom. The number of benzene rings is 2. The van der Waals surface area contributed by atoms with Crippen LogP contribution in [0.5, 0.6) is 17.2 Å². The Balaban J connectivity index is 1.51. The zero-order chi connectivity index (χ0) is 28.0. The molecule has 1 spiro atoms. The largest absolute Gasteiger partial charge is 0.496 e. The summed E-state index contributed by atoms with van der Waals surface area (Å²) in [5.74, 6) is -2.08. The second-order valence-corrected chi connectivity index (χ2v) is 10.6. The summed E-state index contributed by atoms with van der Waals surface area (Å²) in [4.78, 5) is 53.9. The number of fused-ring (bicyclic) bond motifs is 2. The molecule has 0 radical (unpaired) electrons. The zero-order valence-corrected chi connectivity index (χ0v) is 22.8. The topological polar surface area (TPSA) is 118 Å². The molecule has 1 aromatic heterocycles. The predicted molar refractivity (Wildman–Crippen MR) is 142 cm³/mol. The third-order valence-electron chi connectivity index (χ3n) is 8.26. The number of aromatic nitrogens is 2. The van der Waals surface area contributed by atoms with Crippen LogP contribution in [0.4, 0.5) is 0 Å². The second-order valence-electron chi connectivity index (χ2n) is 10.2. The maximum Gasteiger partial charge on any atom is 0.328 e. The van der Waals surface area contributed by atoms with Crippen LogP contribution in [0.25, 0.3) is 11.0 Å². The van der Waals surface area contributed by atoms with Crippen molar-refractivity contribution in [1.29, 1.82) is 0 Å². The molecule has 3 aliphatic rings. The van der Waals surface area contributed by atoms with Crippen LogP contribution < -0.4 is 25.2 Å². The summed E-state index contributed by atoms with van der Waals surface area (Å²) in [6.45, 7) is 1.74. The summed E-state index contributed by atoms with van der Waals surface area (Å²) in [5.41, 5.74) is 0.891. The van der Waals surface area contributed by atoms with E-state index in [2.05, 4.69) is 5.32 Å². The highest BCUT2D eigenvalue weighted by Gasteiger charge is 2.63. The van der Waals surface area contributed by atoms with Gasteiger partial charge >= 0.3 is 5.69 Å². The van der Waals surface area contributed by atoms with Gasteiger partial charge in [-0.05, 0) is 24.1 Å². The first kappa shape index (κ1) is 25.2. The lowest BCUT2D eigenvalue weighted by atomic mass is 9.66. The fraction of sp³-hybridized carbons (Fsp3) is 0.357. The van der Waals surface area contributed by atoms with Gasteiger partial charge in [-0.2, -0.15) is 0 Å². The Bertz CT molecular complexity index is 1730. The van der Waals surface area contributed by atoms with Gasteiger partial charge in [0.05, 0.1) is 25.3 Å². The number of carbonyl (C=O) groups is 3. The number of methoxy groups -OCH3 is 2. The summed E-state index contributed by atoms with van der Waals surface area (Å²) < 4.78 is 20.1. The van der Waals surface area contributed by atoms with Crippen molar-refractivity contribution >= 4 is 40.1 Å². The Kier molecular flexibility index (Phi) is 5.48. The molecule has 1 N–H and O–H groups in total. The van der Waals surface area contributed by atoms with Crippen LogP contribution in [0, 0.1) is 5.92 Å². The van der Waals surface area contributed by atoms with Gasteiger partial charge in [-0.15, -0.1) is 0 Å². The van der Waals surface area contributed by atoms with E-state index in [1.807, 2.05) is 12.1 Å². The molecule has 11 heteroatoms. The third kappa shape index (κ3) is 3.21. The van der Waals surface area contributed by atoms with Crippen molar-refractivity contribution in [3.63, 3.8) is 0 Å². The van der Waals surface area contributed by atoms with Crippen LogP contribution in [0.3, 0.4) is 0 Å². The first-order chi connectivity index (χ1) is 18.5. The molecule has 0 saturated carbocycles. The SMILES string of the molecule is COc1cc(OC)c2c(c1Cl)O[C@@]1(C(=O)C3=C(C[C@H]1C)NC(=O)C[C@H]3c1ccc3c(c1)n(C)c(=O)n3C)C2=O. The number of nitrogens with zero attached hydrogens (tertiary/aromatic N) is 2. The number of allylic oxidation sites excluding steroid dienone is 1.